The molecule has 2 aromatic rings. The minimum atomic E-state index is -3.08. The average molecular weight is 462 g/mol. The third-order valence-electron chi connectivity index (χ3n) is 5.97. The lowest BCUT2D eigenvalue weighted by Crippen LogP contribution is -2.56. The molecular formula is C21H29N6O4S+. The molecule has 32 heavy (non-hydrogen) atoms. The van der Waals surface area contributed by atoms with Crippen LogP contribution < -0.4 is 10.00 Å². The van der Waals surface area contributed by atoms with E-state index in [1.165, 1.54) is 4.90 Å². The van der Waals surface area contributed by atoms with Crippen molar-refractivity contribution in [2.75, 3.05) is 36.5 Å². The number of rotatable bonds is 4. The first-order valence-corrected chi connectivity index (χ1v) is 12.8. The topological polar surface area (TPSA) is 119 Å². The molecule has 0 radical (unpaired) electrons. The molecule has 4 rings (SSSR count). The van der Waals surface area contributed by atoms with Gasteiger partial charge in [0.15, 0.2) is 9.84 Å². The fourth-order valence-electron chi connectivity index (χ4n) is 4.18. The van der Waals surface area contributed by atoms with E-state index >= 15 is 0 Å². The highest BCUT2D eigenvalue weighted by Gasteiger charge is 2.37. The van der Waals surface area contributed by atoms with Crippen LogP contribution in [0.15, 0.2) is 30.3 Å². The largest absolute Gasteiger partial charge is 0.354 e. The second kappa shape index (κ2) is 9.27. The minimum absolute atomic E-state index is 0.0326. The van der Waals surface area contributed by atoms with Crippen LogP contribution in [-0.2, 0) is 21.2 Å². The quantitative estimate of drug-likeness (QED) is 0.659. The van der Waals surface area contributed by atoms with Crippen LogP contribution in [0.5, 0.6) is 0 Å². The smallest absolute Gasteiger partial charge is 0.323 e. The Labute approximate surface area is 187 Å². The van der Waals surface area contributed by atoms with Gasteiger partial charge in [0.25, 0.3) is 5.91 Å². The molecule has 2 aliphatic heterocycles. The normalized spacial score (nSPS) is 20.7. The molecule has 2 fully saturated rings. The van der Waals surface area contributed by atoms with Crippen LogP contribution in [0.1, 0.15) is 26.2 Å². The van der Waals surface area contributed by atoms with Gasteiger partial charge in [0.2, 0.25) is 0 Å². The number of hydrogen-bond donors (Lipinski definition) is 2. The molecule has 1 aromatic heterocycles. The first kappa shape index (κ1) is 22.3. The van der Waals surface area contributed by atoms with E-state index in [-0.39, 0.29) is 36.5 Å². The summed E-state index contributed by atoms with van der Waals surface area (Å²) in [5.74, 6) is 0.691. The number of nitrogens with one attached hydrogen (secondary N) is 2. The molecule has 172 valence electrons. The summed E-state index contributed by atoms with van der Waals surface area (Å²) >= 11 is 0. The Balaban J connectivity index is 1.48. The molecule has 2 aliphatic rings. The first-order chi connectivity index (χ1) is 15.4. The second-order valence-corrected chi connectivity index (χ2v) is 10.4. The van der Waals surface area contributed by atoms with Gasteiger partial charge in [0, 0.05) is 24.6 Å². The third-order valence-corrected chi connectivity index (χ3v) is 7.58. The van der Waals surface area contributed by atoms with E-state index in [0.29, 0.717) is 25.5 Å². The van der Waals surface area contributed by atoms with Gasteiger partial charge in [-0.1, -0.05) is 18.2 Å². The summed E-state index contributed by atoms with van der Waals surface area (Å²) in [4.78, 5) is 33.9. The van der Waals surface area contributed by atoms with Crippen molar-refractivity contribution in [2.24, 2.45) is 0 Å². The van der Waals surface area contributed by atoms with Crippen molar-refractivity contribution < 1.29 is 22.7 Å². The standard InChI is InChI=1S/C21H28N6O4S/c1-2-27-18(16-8-4-3-5-9-16)22-20(24-27)23-19(28)17-10-6-7-11-26(17)21(29)25-12-14-32(30,31)15-13-25/h3-5,8-9,17H,2,6-7,10-15H2,1H3,(H,23,24,28)/p+1. The van der Waals surface area contributed by atoms with E-state index in [1.54, 1.807) is 4.90 Å². The van der Waals surface area contributed by atoms with Crippen LogP contribution in [0.4, 0.5) is 10.7 Å². The van der Waals surface area contributed by atoms with Crippen molar-refractivity contribution in [3.63, 3.8) is 0 Å². The number of carbonyl (C=O) groups is 2. The van der Waals surface area contributed by atoms with E-state index in [2.05, 4.69) is 15.4 Å². The fraction of sp³-hybridized carbons (Fsp3) is 0.524. The zero-order valence-electron chi connectivity index (χ0n) is 18.2. The molecule has 3 amide bonds. The molecule has 1 aromatic carbocycles. The first-order valence-electron chi connectivity index (χ1n) is 11.0. The molecule has 1 atom stereocenters. The van der Waals surface area contributed by atoms with Gasteiger partial charge >= 0.3 is 17.8 Å². The SMILES string of the molecule is CC[n+]1[nH]c(NC(=O)C2CCCCN2C(=O)N2CCS(=O)(=O)CC2)nc1-c1ccccc1. The number of aromatic nitrogens is 3. The second-order valence-electron chi connectivity index (χ2n) is 8.12. The summed E-state index contributed by atoms with van der Waals surface area (Å²) in [6.45, 7) is 3.44. The van der Waals surface area contributed by atoms with E-state index < -0.39 is 15.9 Å². The van der Waals surface area contributed by atoms with Crippen molar-refractivity contribution in [1.29, 1.82) is 0 Å². The Bertz CT molecular complexity index is 1070. The number of hydrogen-bond acceptors (Lipinski definition) is 5. The summed E-state index contributed by atoms with van der Waals surface area (Å²) in [6, 6.07) is 8.81. The molecule has 0 spiro atoms. The van der Waals surface area contributed by atoms with Crippen LogP contribution in [-0.4, -0.2) is 77.4 Å². The summed E-state index contributed by atoms with van der Waals surface area (Å²) in [7, 11) is -3.08. The summed E-state index contributed by atoms with van der Waals surface area (Å²) in [5, 5.41) is 5.95. The van der Waals surface area contributed by atoms with Crippen molar-refractivity contribution in [1.82, 2.24) is 19.9 Å². The molecule has 0 bridgehead atoms. The number of aromatic amines is 1. The highest BCUT2D eigenvalue weighted by Crippen LogP contribution is 2.21. The number of urea groups is 1. The molecule has 1 unspecified atom stereocenters. The molecular weight excluding hydrogens is 432 g/mol. The van der Waals surface area contributed by atoms with Gasteiger partial charge in [0.05, 0.1) is 17.1 Å². The molecule has 2 N–H and O–H groups in total. The molecule has 2 saturated heterocycles. The van der Waals surface area contributed by atoms with Crippen molar-refractivity contribution >= 4 is 27.7 Å². The Kier molecular flexibility index (Phi) is 6.45. The summed E-state index contributed by atoms with van der Waals surface area (Å²) in [5.41, 5.74) is 0.931. The summed E-state index contributed by atoms with van der Waals surface area (Å²) < 4.78 is 25.2. The van der Waals surface area contributed by atoms with Crippen LogP contribution in [0.3, 0.4) is 0 Å². The maximum Gasteiger partial charge on any atom is 0.354 e. The average Bonchev–Trinajstić information content (AvgIpc) is 3.22. The number of piperidine rings is 1. The number of amides is 3. The predicted octanol–water partition coefficient (Wildman–Crippen LogP) is 1.03. The Morgan fingerprint density at radius 3 is 2.56 bits per heavy atom. The fourth-order valence-corrected chi connectivity index (χ4v) is 5.38. The van der Waals surface area contributed by atoms with E-state index in [1.807, 2.05) is 41.9 Å². The number of nitrogens with zero attached hydrogens (tertiary/aromatic N) is 4. The van der Waals surface area contributed by atoms with Gasteiger partial charge in [-0.25, -0.2) is 13.2 Å². The molecule has 10 nitrogen and oxygen atoms in total. The van der Waals surface area contributed by atoms with Crippen molar-refractivity contribution in [3.8, 4) is 11.4 Å². The Morgan fingerprint density at radius 1 is 1.16 bits per heavy atom. The molecule has 0 aliphatic carbocycles. The number of H-pyrrole nitrogens is 1. The zero-order chi connectivity index (χ0) is 22.7. The Hall–Kier alpha value is -2.95. The van der Waals surface area contributed by atoms with Crippen LogP contribution in [0, 0.1) is 0 Å². The lowest BCUT2D eigenvalue weighted by molar-refractivity contribution is -0.737. The van der Waals surface area contributed by atoms with Crippen molar-refractivity contribution in [3.05, 3.63) is 30.3 Å². The van der Waals surface area contributed by atoms with Crippen LogP contribution >= 0.6 is 0 Å². The maximum absolute atomic E-state index is 13.1. The summed E-state index contributed by atoms with van der Waals surface area (Å²) in [6.07, 6.45) is 2.22. The zero-order valence-corrected chi connectivity index (χ0v) is 19.0. The van der Waals surface area contributed by atoms with Gasteiger partial charge in [-0.3, -0.25) is 10.1 Å². The lowest BCUT2D eigenvalue weighted by atomic mass is 10.0. The number of likely N-dealkylation sites (tertiary alicyclic amines) is 1. The minimum Gasteiger partial charge on any atom is -0.323 e. The highest BCUT2D eigenvalue weighted by atomic mass is 32.2. The van der Waals surface area contributed by atoms with Gasteiger partial charge < -0.3 is 9.80 Å². The van der Waals surface area contributed by atoms with Crippen LogP contribution in [0.25, 0.3) is 11.4 Å². The predicted molar refractivity (Wildman–Crippen MR) is 118 cm³/mol. The highest BCUT2D eigenvalue weighted by molar-refractivity contribution is 7.91. The van der Waals surface area contributed by atoms with Crippen LogP contribution in [0.2, 0.25) is 0 Å². The van der Waals surface area contributed by atoms with Gasteiger partial charge in [-0.15, -0.1) is 0 Å². The van der Waals surface area contributed by atoms with E-state index in [4.69, 9.17) is 0 Å². The van der Waals surface area contributed by atoms with Gasteiger partial charge in [-0.2, -0.15) is 9.78 Å². The number of anilines is 1. The van der Waals surface area contributed by atoms with E-state index in [0.717, 1.165) is 24.2 Å². The molecule has 0 saturated carbocycles. The number of aryl methyl sites for hydroxylation is 1. The lowest BCUT2D eigenvalue weighted by Gasteiger charge is -2.38. The maximum atomic E-state index is 13.1. The molecule has 3 heterocycles. The monoisotopic (exact) mass is 461 g/mol. The number of sulfone groups is 1. The number of carbonyl (C=O) groups excluding carboxylic acids is 2. The van der Waals surface area contributed by atoms with Crippen molar-refractivity contribution in [2.45, 2.75) is 38.8 Å². The Morgan fingerprint density at radius 2 is 1.88 bits per heavy atom. The van der Waals surface area contributed by atoms with Gasteiger partial charge in [-0.05, 0) is 38.3 Å². The molecule has 11 heteroatoms. The third kappa shape index (κ3) is 4.77. The van der Waals surface area contributed by atoms with Gasteiger partial charge in [0.1, 0.15) is 12.6 Å². The van der Waals surface area contributed by atoms with E-state index in [9.17, 15) is 18.0 Å². The number of benzene rings is 1.